The van der Waals surface area contributed by atoms with Gasteiger partial charge in [-0.15, -0.1) is 0 Å². The minimum absolute atomic E-state index is 0.0835. The minimum atomic E-state index is -1.04. The van der Waals surface area contributed by atoms with Crippen LogP contribution in [0.4, 0.5) is 5.69 Å². The van der Waals surface area contributed by atoms with Crippen molar-refractivity contribution in [3.05, 3.63) is 46.2 Å². The summed E-state index contributed by atoms with van der Waals surface area (Å²) in [5.74, 6) is -0.816. The molecule has 2 aromatic rings. The number of nitrogen functional groups attached to an aromatic ring is 1. The zero-order valence-corrected chi connectivity index (χ0v) is 9.74. The summed E-state index contributed by atoms with van der Waals surface area (Å²) in [7, 11) is 0. The maximum atomic E-state index is 11.0. The third-order valence-corrected chi connectivity index (χ3v) is 2.97. The Labute approximate surface area is 102 Å². The summed E-state index contributed by atoms with van der Waals surface area (Å²) in [4.78, 5) is 11.0. The number of aromatic carboxylic acids is 1. The molecule has 4 nitrogen and oxygen atoms in total. The molecule has 0 fully saturated rings. The van der Waals surface area contributed by atoms with Gasteiger partial charge in [0.05, 0.1) is 5.69 Å². The van der Waals surface area contributed by atoms with E-state index >= 15 is 0 Å². The van der Waals surface area contributed by atoms with E-state index in [-0.39, 0.29) is 11.3 Å². The molecule has 0 bridgehead atoms. The fraction of sp³-hybridized carbons (Fsp3) is 0.0833. The first-order chi connectivity index (χ1) is 8.18. The highest BCUT2D eigenvalue weighted by atomic mass is 32.1. The van der Waals surface area contributed by atoms with Crippen LogP contribution in [0.5, 0.6) is 5.75 Å². The molecule has 0 radical (unpaired) electrons. The Balaban J connectivity index is 2.22. The number of carboxylic acid groups (broad SMARTS) is 1. The Kier molecular flexibility index (Phi) is 3.30. The van der Waals surface area contributed by atoms with E-state index in [1.165, 1.54) is 6.07 Å². The van der Waals surface area contributed by atoms with Crippen LogP contribution in [0.15, 0.2) is 35.0 Å². The van der Waals surface area contributed by atoms with E-state index in [1.54, 1.807) is 23.5 Å². The van der Waals surface area contributed by atoms with Crippen LogP contribution in [0.25, 0.3) is 0 Å². The number of hydrogen-bond acceptors (Lipinski definition) is 4. The lowest BCUT2D eigenvalue weighted by Gasteiger charge is -2.10. The standard InChI is InChI=1S/C12H11NO3S/c13-10-3-1-2-9(12(14)15)11(10)16-6-8-4-5-17-7-8/h1-5,7H,6,13H2,(H,14,15). The number of hydrogen-bond donors (Lipinski definition) is 2. The summed E-state index contributed by atoms with van der Waals surface area (Å²) in [5, 5.41) is 12.9. The van der Waals surface area contributed by atoms with Crippen molar-refractivity contribution in [1.29, 1.82) is 0 Å². The predicted molar refractivity (Wildman–Crippen MR) is 66.5 cm³/mol. The van der Waals surface area contributed by atoms with Gasteiger partial charge in [0.2, 0.25) is 0 Å². The summed E-state index contributed by atoms with van der Waals surface area (Å²) in [6, 6.07) is 6.61. The second-order valence-corrected chi connectivity index (χ2v) is 4.23. The number of carboxylic acids is 1. The van der Waals surface area contributed by atoms with Gasteiger partial charge in [0.25, 0.3) is 0 Å². The van der Waals surface area contributed by atoms with E-state index in [4.69, 9.17) is 15.6 Å². The van der Waals surface area contributed by atoms with Crippen molar-refractivity contribution in [2.45, 2.75) is 6.61 Å². The largest absolute Gasteiger partial charge is 0.486 e. The Morgan fingerprint density at radius 3 is 2.88 bits per heavy atom. The fourth-order valence-electron chi connectivity index (χ4n) is 1.41. The van der Waals surface area contributed by atoms with Gasteiger partial charge < -0.3 is 15.6 Å². The Bertz CT molecular complexity index is 523. The molecule has 0 aliphatic rings. The number of rotatable bonds is 4. The molecule has 0 spiro atoms. The van der Waals surface area contributed by atoms with E-state index in [0.29, 0.717) is 12.3 Å². The van der Waals surface area contributed by atoms with E-state index < -0.39 is 5.97 Å². The molecule has 0 amide bonds. The average molecular weight is 249 g/mol. The summed E-state index contributed by atoms with van der Waals surface area (Å²) in [5.41, 5.74) is 7.12. The lowest BCUT2D eigenvalue weighted by Crippen LogP contribution is -2.05. The minimum Gasteiger partial charge on any atom is -0.486 e. The van der Waals surface area contributed by atoms with Crippen molar-refractivity contribution < 1.29 is 14.6 Å². The number of thiophene rings is 1. The SMILES string of the molecule is Nc1cccc(C(=O)O)c1OCc1ccsc1. The second kappa shape index (κ2) is 4.88. The number of carbonyl (C=O) groups is 1. The molecule has 88 valence electrons. The summed E-state index contributed by atoms with van der Waals surface area (Å²) in [6.07, 6.45) is 0. The van der Waals surface area contributed by atoms with Crippen LogP contribution < -0.4 is 10.5 Å². The topological polar surface area (TPSA) is 72.6 Å². The molecule has 2 rings (SSSR count). The lowest BCUT2D eigenvalue weighted by molar-refractivity contribution is 0.0692. The molecule has 0 aliphatic carbocycles. The van der Waals surface area contributed by atoms with Gasteiger partial charge in [0.15, 0.2) is 5.75 Å². The van der Waals surface area contributed by atoms with Gasteiger partial charge in [0.1, 0.15) is 12.2 Å². The van der Waals surface area contributed by atoms with Crippen LogP contribution in [-0.2, 0) is 6.61 Å². The molecule has 0 saturated heterocycles. The first kappa shape index (κ1) is 11.5. The van der Waals surface area contributed by atoms with E-state index in [9.17, 15) is 4.79 Å². The van der Waals surface area contributed by atoms with Crippen LogP contribution >= 0.6 is 11.3 Å². The smallest absolute Gasteiger partial charge is 0.339 e. The maximum absolute atomic E-state index is 11.0. The van der Waals surface area contributed by atoms with Crippen LogP contribution in [0, 0.1) is 0 Å². The van der Waals surface area contributed by atoms with Gasteiger partial charge in [-0.2, -0.15) is 11.3 Å². The van der Waals surface area contributed by atoms with Crippen molar-refractivity contribution in [2.24, 2.45) is 0 Å². The molecule has 1 aromatic heterocycles. The van der Waals surface area contributed by atoms with Crippen LogP contribution in [0.1, 0.15) is 15.9 Å². The van der Waals surface area contributed by atoms with Crippen molar-refractivity contribution in [1.82, 2.24) is 0 Å². The molecule has 0 saturated carbocycles. The first-order valence-electron chi connectivity index (χ1n) is 4.94. The first-order valence-corrected chi connectivity index (χ1v) is 5.88. The zero-order valence-electron chi connectivity index (χ0n) is 8.92. The van der Waals surface area contributed by atoms with Crippen molar-refractivity contribution in [3.63, 3.8) is 0 Å². The molecule has 0 aliphatic heterocycles. The monoisotopic (exact) mass is 249 g/mol. The highest BCUT2D eigenvalue weighted by Crippen LogP contribution is 2.27. The van der Waals surface area contributed by atoms with Crippen molar-refractivity contribution >= 4 is 23.0 Å². The normalized spacial score (nSPS) is 10.1. The van der Waals surface area contributed by atoms with Crippen molar-refractivity contribution in [3.8, 4) is 5.75 Å². The van der Waals surface area contributed by atoms with Gasteiger partial charge in [-0.05, 0) is 34.5 Å². The van der Waals surface area contributed by atoms with Gasteiger partial charge >= 0.3 is 5.97 Å². The molecular formula is C12H11NO3S. The quantitative estimate of drug-likeness (QED) is 0.817. The second-order valence-electron chi connectivity index (χ2n) is 3.45. The van der Waals surface area contributed by atoms with E-state index in [1.807, 2.05) is 16.8 Å². The van der Waals surface area contributed by atoms with Crippen LogP contribution in [-0.4, -0.2) is 11.1 Å². The summed E-state index contributed by atoms with van der Waals surface area (Å²) in [6.45, 7) is 0.317. The third-order valence-electron chi connectivity index (χ3n) is 2.24. The van der Waals surface area contributed by atoms with Gasteiger partial charge in [-0.3, -0.25) is 0 Å². The van der Waals surface area contributed by atoms with Crippen LogP contribution in [0.2, 0.25) is 0 Å². The van der Waals surface area contributed by atoms with E-state index in [2.05, 4.69) is 0 Å². The van der Waals surface area contributed by atoms with E-state index in [0.717, 1.165) is 5.56 Å². The zero-order chi connectivity index (χ0) is 12.3. The fourth-order valence-corrected chi connectivity index (χ4v) is 2.07. The molecule has 1 aromatic carbocycles. The summed E-state index contributed by atoms with van der Waals surface area (Å²) < 4.78 is 5.47. The number of para-hydroxylation sites is 1. The number of benzene rings is 1. The molecule has 1 heterocycles. The maximum Gasteiger partial charge on any atom is 0.339 e. The molecule has 5 heteroatoms. The molecule has 3 N–H and O–H groups in total. The lowest BCUT2D eigenvalue weighted by atomic mass is 10.2. The Morgan fingerprint density at radius 1 is 1.41 bits per heavy atom. The number of anilines is 1. The highest BCUT2D eigenvalue weighted by Gasteiger charge is 2.13. The predicted octanol–water partition coefficient (Wildman–Crippen LogP) is 2.61. The molecule has 0 unspecified atom stereocenters. The molecule has 17 heavy (non-hydrogen) atoms. The number of ether oxygens (including phenoxy) is 1. The third kappa shape index (κ3) is 2.57. The average Bonchev–Trinajstić information content (AvgIpc) is 2.80. The van der Waals surface area contributed by atoms with Gasteiger partial charge in [-0.1, -0.05) is 6.07 Å². The van der Waals surface area contributed by atoms with Gasteiger partial charge in [0, 0.05) is 0 Å². The number of nitrogens with two attached hydrogens (primary N) is 1. The molecular weight excluding hydrogens is 238 g/mol. The Morgan fingerprint density at radius 2 is 2.24 bits per heavy atom. The summed E-state index contributed by atoms with van der Waals surface area (Å²) >= 11 is 1.56. The Hall–Kier alpha value is -2.01. The van der Waals surface area contributed by atoms with Gasteiger partial charge in [-0.25, -0.2) is 4.79 Å². The highest BCUT2D eigenvalue weighted by molar-refractivity contribution is 7.07. The molecule has 0 atom stereocenters. The van der Waals surface area contributed by atoms with Crippen LogP contribution in [0.3, 0.4) is 0 Å². The van der Waals surface area contributed by atoms with Crippen molar-refractivity contribution in [2.75, 3.05) is 5.73 Å².